The van der Waals surface area contributed by atoms with Gasteiger partial charge >= 0.3 is 0 Å². The van der Waals surface area contributed by atoms with Gasteiger partial charge in [0.05, 0.1) is 5.56 Å². The molecule has 1 amide bonds. The lowest BCUT2D eigenvalue weighted by atomic mass is 10.2. The number of carbonyl (C=O) groups excluding carboxylic acids is 2. The van der Waals surface area contributed by atoms with Crippen molar-refractivity contribution in [3.05, 3.63) is 35.9 Å². The summed E-state index contributed by atoms with van der Waals surface area (Å²) in [5, 5.41) is 11.8. The van der Waals surface area contributed by atoms with Gasteiger partial charge in [-0.15, -0.1) is 0 Å². The van der Waals surface area contributed by atoms with Crippen LogP contribution < -0.4 is 5.32 Å². The van der Waals surface area contributed by atoms with Crippen molar-refractivity contribution in [1.82, 2.24) is 0 Å². The van der Waals surface area contributed by atoms with Crippen LogP contribution in [0.5, 0.6) is 5.75 Å². The molecule has 0 aliphatic heterocycles. The van der Waals surface area contributed by atoms with Crippen LogP contribution in [-0.2, 0) is 4.79 Å². The summed E-state index contributed by atoms with van der Waals surface area (Å²) in [5.41, 5.74) is 0.952. The number of hydrogen-bond acceptors (Lipinski definition) is 3. The van der Waals surface area contributed by atoms with Crippen LogP contribution in [0.2, 0.25) is 0 Å². The molecule has 0 saturated heterocycles. The van der Waals surface area contributed by atoms with Gasteiger partial charge in [0.2, 0.25) is 0 Å². The molecule has 1 aromatic rings. The van der Waals surface area contributed by atoms with Crippen LogP contribution in [-0.4, -0.2) is 17.3 Å². The van der Waals surface area contributed by atoms with E-state index in [1.54, 1.807) is 6.92 Å². The highest BCUT2D eigenvalue weighted by molar-refractivity contribution is 6.03. The van der Waals surface area contributed by atoms with E-state index in [2.05, 4.69) is 11.9 Å². The Hall–Kier alpha value is -2.10. The molecule has 0 atom stereocenters. The fourth-order valence-electron chi connectivity index (χ4n) is 0.964. The second-order valence-corrected chi connectivity index (χ2v) is 3.13. The molecule has 0 bridgehead atoms. The summed E-state index contributed by atoms with van der Waals surface area (Å²) in [4.78, 5) is 21.7. The molecule has 0 aliphatic rings. The topological polar surface area (TPSA) is 66.4 Å². The third kappa shape index (κ3) is 2.67. The molecular weight excluding hydrogens is 194 g/mol. The highest BCUT2D eigenvalue weighted by atomic mass is 16.3. The van der Waals surface area contributed by atoms with Gasteiger partial charge in [0, 0.05) is 11.3 Å². The second kappa shape index (κ2) is 4.41. The summed E-state index contributed by atoms with van der Waals surface area (Å²) >= 11 is 0. The van der Waals surface area contributed by atoms with Gasteiger partial charge in [-0.25, -0.2) is 0 Å². The Morgan fingerprint density at radius 2 is 2.20 bits per heavy atom. The fraction of sp³-hybridized carbons (Fsp3) is 0.0909. The minimum absolute atomic E-state index is 0.113. The largest absolute Gasteiger partial charge is 0.507 e. The van der Waals surface area contributed by atoms with Gasteiger partial charge in [0.25, 0.3) is 5.91 Å². The van der Waals surface area contributed by atoms with Crippen molar-refractivity contribution < 1.29 is 14.7 Å². The minimum Gasteiger partial charge on any atom is -0.507 e. The number of hydrogen-bond donors (Lipinski definition) is 2. The monoisotopic (exact) mass is 205 g/mol. The van der Waals surface area contributed by atoms with Gasteiger partial charge in [0.15, 0.2) is 6.29 Å². The van der Waals surface area contributed by atoms with E-state index in [1.165, 1.54) is 18.2 Å². The van der Waals surface area contributed by atoms with Crippen molar-refractivity contribution in [3.8, 4) is 5.75 Å². The minimum atomic E-state index is -0.322. The van der Waals surface area contributed by atoms with E-state index < -0.39 is 0 Å². The van der Waals surface area contributed by atoms with E-state index in [-0.39, 0.29) is 17.2 Å². The maximum absolute atomic E-state index is 11.2. The van der Waals surface area contributed by atoms with E-state index in [0.29, 0.717) is 17.5 Å². The quantitative estimate of drug-likeness (QED) is 0.448. The lowest BCUT2D eigenvalue weighted by Gasteiger charge is -2.05. The summed E-state index contributed by atoms with van der Waals surface area (Å²) in [5.74, 6) is -0.434. The number of carbonyl (C=O) groups is 2. The highest BCUT2D eigenvalue weighted by Crippen LogP contribution is 2.19. The van der Waals surface area contributed by atoms with Gasteiger partial charge in [-0.05, 0) is 25.1 Å². The molecule has 1 aromatic carbocycles. The first-order valence-corrected chi connectivity index (χ1v) is 4.29. The van der Waals surface area contributed by atoms with E-state index in [9.17, 15) is 14.7 Å². The Bertz CT molecular complexity index is 424. The van der Waals surface area contributed by atoms with Gasteiger partial charge in [0.1, 0.15) is 5.75 Å². The number of nitrogens with one attached hydrogen (secondary N) is 1. The van der Waals surface area contributed by atoms with Crippen molar-refractivity contribution in [2.45, 2.75) is 6.92 Å². The standard InChI is InChI=1S/C11H11NO3/c1-7(2)11(15)12-9-3-4-10(14)8(5-9)6-13/h3-6,14H,1H2,2H3,(H,12,15). The summed E-state index contributed by atoms with van der Waals surface area (Å²) in [6, 6.07) is 4.24. The summed E-state index contributed by atoms with van der Waals surface area (Å²) < 4.78 is 0. The number of amides is 1. The van der Waals surface area contributed by atoms with E-state index in [4.69, 9.17) is 0 Å². The van der Waals surface area contributed by atoms with Gasteiger partial charge in [-0.2, -0.15) is 0 Å². The van der Waals surface area contributed by atoms with Crippen LogP contribution in [0.3, 0.4) is 0 Å². The first-order chi connectivity index (χ1) is 7.04. The van der Waals surface area contributed by atoms with Crippen LogP contribution in [0.25, 0.3) is 0 Å². The van der Waals surface area contributed by atoms with Gasteiger partial charge < -0.3 is 10.4 Å². The number of aldehydes is 1. The van der Waals surface area contributed by atoms with Crippen molar-refractivity contribution in [2.75, 3.05) is 5.32 Å². The summed E-state index contributed by atoms with van der Waals surface area (Å²) in [7, 11) is 0. The van der Waals surface area contributed by atoms with E-state index in [0.717, 1.165) is 0 Å². The van der Waals surface area contributed by atoms with Crippen molar-refractivity contribution in [2.24, 2.45) is 0 Å². The number of aromatic hydroxyl groups is 1. The predicted octanol–water partition coefficient (Wildman–Crippen LogP) is 1.72. The molecule has 0 saturated carbocycles. The molecular formula is C11H11NO3. The lowest BCUT2D eigenvalue weighted by Crippen LogP contribution is -2.11. The molecule has 0 radical (unpaired) electrons. The smallest absolute Gasteiger partial charge is 0.250 e. The molecule has 0 aromatic heterocycles. The average molecular weight is 205 g/mol. The molecule has 4 nitrogen and oxygen atoms in total. The highest BCUT2D eigenvalue weighted by Gasteiger charge is 2.05. The van der Waals surface area contributed by atoms with Crippen molar-refractivity contribution in [1.29, 1.82) is 0 Å². The predicted molar refractivity (Wildman–Crippen MR) is 56.9 cm³/mol. The Morgan fingerprint density at radius 3 is 2.73 bits per heavy atom. The van der Waals surface area contributed by atoms with Crippen LogP contribution in [0.15, 0.2) is 30.4 Å². The van der Waals surface area contributed by atoms with E-state index in [1.807, 2.05) is 0 Å². The Kier molecular flexibility index (Phi) is 3.23. The molecule has 0 spiro atoms. The number of rotatable bonds is 3. The van der Waals surface area contributed by atoms with Gasteiger partial charge in [-0.3, -0.25) is 9.59 Å². The first kappa shape index (κ1) is 11.0. The molecule has 4 heteroatoms. The molecule has 0 aliphatic carbocycles. The molecule has 78 valence electrons. The molecule has 0 unspecified atom stereocenters. The number of benzene rings is 1. The third-order valence-electron chi connectivity index (χ3n) is 1.80. The zero-order valence-corrected chi connectivity index (χ0v) is 8.28. The molecule has 0 heterocycles. The van der Waals surface area contributed by atoms with Crippen molar-refractivity contribution in [3.63, 3.8) is 0 Å². The van der Waals surface area contributed by atoms with Crippen LogP contribution >= 0.6 is 0 Å². The Labute approximate surface area is 87.2 Å². The van der Waals surface area contributed by atoms with E-state index >= 15 is 0 Å². The lowest BCUT2D eigenvalue weighted by molar-refractivity contribution is -0.112. The normalized spacial score (nSPS) is 9.40. The summed E-state index contributed by atoms with van der Waals surface area (Å²) in [6.45, 7) is 5.06. The Balaban J connectivity index is 2.92. The van der Waals surface area contributed by atoms with Gasteiger partial charge in [-0.1, -0.05) is 6.58 Å². The van der Waals surface area contributed by atoms with Crippen LogP contribution in [0.1, 0.15) is 17.3 Å². The molecule has 1 rings (SSSR count). The maximum atomic E-state index is 11.2. The Morgan fingerprint density at radius 1 is 1.53 bits per heavy atom. The zero-order chi connectivity index (χ0) is 11.4. The second-order valence-electron chi connectivity index (χ2n) is 3.13. The number of phenolic OH excluding ortho intramolecular Hbond substituents is 1. The van der Waals surface area contributed by atoms with Crippen LogP contribution in [0, 0.1) is 0 Å². The third-order valence-corrected chi connectivity index (χ3v) is 1.80. The molecule has 15 heavy (non-hydrogen) atoms. The SMILES string of the molecule is C=C(C)C(=O)Nc1ccc(O)c(C=O)c1. The zero-order valence-electron chi connectivity index (χ0n) is 8.28. The average Bonchev–Trinajstić information content (AvgIpc) is 2.20. The first-order valence-electron chi connectivity index (χ1n) is 4.29. The summed E-state index contributed by atoms with van der Waals surface area (Å²) in [6.07, 6.45) is 0.520. The number of anilines is 1. The molecule has 0 fully saturated rings. The maximum Gasteiger partial charge on any atom is 0.250 e. The van der Waals surface area contributed by atoms with Crippen molar-refractivity contribution >= 4 is 17.9 Å². The van der Waals surface area contributed by atoms with Crippen LogP contribution in [0.4, 0.5) is 5.69 Å². The molecule has 2 N–H and O–H groups in total. The number of phenols is 1. The fourth-order valence-corrected chi connectivity index (χ4v) is 0.964.